The third kappa shape index (κ3) is 3.55. The van der Waals surface area contributed by atoms with Gasteiger partial charge in [0.25, 0.3) is 5.91 Å². The Kier molecular flexibility index (Phi) is 4.96. The molecule has 3 aromatic rings. The van der Waals surface area contributed by atoms with Crippen LogP contribution in [0.25, 0.3) is 11.1 Å². The van der Waals surface area contributed by atoms with E-state index in [4.69, 9.17) is 0 Å². The lowest BCUT2D eigenvalue weighted by Gasteiger charge is -2.10. The van der Waals surface area contributed by atoms with E-state index in [-0.39, 0.29) is 18.2 Å². The number of aryl methyl sites for hydroxylation is 1. The normalized spacial score (nSPS) is 11.6. The summed E-state index contributed by atoms with van der Waals surface area (Å²) in [6.07, 6.45) is 0.800. The molecule has 144 valence electrons. The first-order valence-electron chi connectivity index (χ1n) is 9.52. The maximum Gasteiger partial charge on any atom is 0.251 e. The van der Waals surface area contributed by atoms with Gasteiger partial charge in [-0.2, -0.15) is 0 Å². The molecule has 0 fully saturated rings. The first-order chi connectivity index (χ1) is 14.1. The molecular formula is C24H20N2O3. The molecule has 0 heterocycles. The summed E-state index contributed by atoms with van der Waals surface area (Å²) < 4.78 is 0. The van der Waals surface area contributed by atoms with Crippen molar-refractivity contribution in [2.45, 2.75) is 13.3 Å². The van der Waals surface area contributed by atoms with Crippen molar-refractivity contribution in [1.29, 1.82) is 0 Å². The van der Waals surface area contributed by atoms with Crippen LogP contribution in [0, 0.1) is 0 Å². The lowest BCUT2D eigenvalue weighted by Crippen LogP contribution is -2.33. The molecule has 1 aliphatic carbocycles. The van der Waals surface area contributed by atoms with Gasteiger partial charge in [0, 0.05) is 22.4 Å². The fourth-order valence-electron chi connectivity index (χ4n) is 3.58. The maximum atomic E-state index is 12.6. The second-order valence-corrected chi connectivity index (χ2v) is 6.88. The Morgan fingerprint density at radius 2 is 1.52 bits per heavy atom. The monoisotopic (exact) mass is 384 g/mol. The van der Waals surface area contributed by atoms with Crippen molar-refractivity contribution in [2.24, 2.45) is 0 Å². The van der Waals surface area contributed by atoms with Crippen LogP contribution in [0.5, 0.6) is 0 Å². The van der Waals surface area contributed by atoms with E-state index < -0.39 is 5.91 Å². The van der Waals surface area contributed by atoms with Gasteiger partial charge in [0.15, 0.2) is 5.78 Å². The average Bonchev–Trinajstić information content (AvgIpc) is 3.04. The van der Waals surface area contributed by atoms with Gasteiger partial charge >= 0.3 is 0 Å². The minimum absolute atomic E-state index is 0.0841. The van der Waals surface area contributed by atoms with Crippen LogP contribution in [-0.4, -0.2) is 24.1 Å². The number of hydrogen-bond donors (Lipinski definition) is 2. The first-order valence-corrected chi connectivity index (χ1v) is 9.52. The molecule has 4 rings (SSSR count). The Balaban J connectivity index is 1.44. The number of carbonyl (C=O) groups excluding carboxylic acids is 3. The van der Waals surface area contributed by atoms with E-state index in [0.717, 1.165) is 28.8 Å². The Hall–Kier alpha value is -3.73. The minimum Gasteiger partial charge on any atom is -0.343 e. The average molecular weight is 384 g/mol. The van der Waals surface area contributed by atoms with Crippen LogP contribution in [0.15, 0.2) is 66.7 Å². The molecule has 0 saturated heterocycles. The van der Waals surface area contributed by atoms with Gasteiger partial charge in [0.2, 0.25) is 5.91 Å². The zero-order valence-electron chi connectivity index (χ0n) is 16.0. The highest BCUT2D eigenvalue weighted by Gasteiger charge is 2.27. The summed E-state index contributed by atoms with van der Waals surface area (Å²) in [5.74, 6) is -0.779. The van der Waals surface area contributed by atoms with Crippen LogP contribution < -0.4 is 10.6 Å². The van der Waals surface area contributed by atoms with Gasteiger partial charge < -0.3 is 10.6 Å². The summed E-state index contributed by atoms with van der Waals surface area (Å²) in [4.78, 5) is 37.3. The number of anilines is 1. The molecule has 2 amide bonds. The zero-order chi connectivity index (χ0) is 20.4. The zero-order valence-corrected chi connectivity index (χ0v) is 16.0. The summed E-state index contributed by atoms with van der Waals surface area (Å²) in [7, 11) is 0. The fraction of sp³-hybridized carbons (Fsp3) is 0.125. The number of ketones is 1. The van der Waals surface area contributed by atoms with Crippen LogP contribution in [0.3, 0.4) is 0 Å². The Morgan fingerprint density at radius 3 is 2.31 bits per heavy atom. The molecule has 0 atom stereocenters. The minimum atomic E-state index is -0.393. The van der Waals surface area contributed by atoms with E-state index in [2.05, 4.69) is 10.6 Å². The molecule has 0 aliphatic heterocycles. The molecule has 0 radical (unpaired) electrons. The lowest BCUT2D eigenvalue weighted by atomic mass is 10.0. The highest BCUT2D eigenvalue weighted by molar-refractivity contribution is 6.22. The number of amides is 2. The quantitative estimate of drug-likeness (QED) is 0.549. The van der Waals surface area contributed by atoms with Gasteiger partial charge in [0.1, 0.15) is 0 Å². The predicted octanol–water partition coefficient (Wildman–Crippen LogP) is 3.83. The molecule has 0 unspecified atom stereocenters. The Bertz CT molecular complexity index is 1130. The lowest BCUT2D eigenvalue weighted by molar-refractivity contribution is -0.115. The number of benzene rings is 3. The Morgan fingerprint density at radius 1 is 0.828 bits per heavy atom. The van der Waals surface area contributed by atoms with Gasteiger partial charge in [-0.05, 0) is 41.3 Å². The van der Waals surface area contributed by atoms with E-state index in [9.17, 15) is 14.4 Å². The molecule has 0 saturated carbocycles. The first kappa shape index (κ1) is 18.6. The predicted molar refractivity (Wildman–Crippen MR) is 112 cm³/mol. The molecule has 5 heteroatoms. The summed E-state index contributed by atoms with van der Waals surface area (Å²) in [6, 6.07) is 20.0. The largest absolute Gasteiger partial charge is 0.343 e. The molecule has 0 spiro atoms. The molecule has 2 N–H and O–H groups in total. The fourth-order valence-corrected chi connectivity index (χ4v) is 3.58. The number of carbonyl (C=O) groups is 3. The molecule has 29 heavy (non-hydrogen) atoms. The van der Waals surface area contributed by atoms with Crippen LogP contribution in [0.4, 0.5) is 5.69 Å². The van der Waals surface area contributed by atoms with Gasteiger partial charge in [0.05, 0.1) is 6.54 Å². The highest BCUT2D eigenvalue weighted by Crippen LogP contribution is 2.36. The van der Waals surface area contributed by atoms with Crippen LogP contribution in [0.1, 0.15) is 38.8 Å². The molecule has 0 bridgehead atoms. The SMILES string of the molecule is CCc1ccccc1NC(=O)CNC(=O)c1ccc2c(c1)C(=O)c1ccccc1-2. The van der Waals surface area contributed by atoms with Crippen molar-refractivity contribution in [2.75, 3.05) is 11.9 Å². The van der Waals surface area contributed by atoms with Crippen LogP contribution in [-0.2, 0) is 11.2 Å². The van der Waals surface area contributed by atoms with E-state index in [1.165, 1.54) is 0 Å². The van der Waals surface area contributed by atoms with Crippen molar-refractivity contribution >= 4 is 23.3 Å². The summed E-state index contributed by atoms with van der Waals surface area (Å²) in [6.45, 7) is 1.86. The second-order valence-electron chi connectivity index (χ2n) is 6.88. The van der Waals surface area contributed by atoms with E-state index in [1.807, 2.05) is 49.4 Å². The maximum absolute atomic E-state index is 12.6. The van der Waals surface area contributed by atoms with Gasteiger partial charge in [-0.1, -0.05) is 55.5 Å². The molecule has 0 aromatic heterocycles. The molecular weight excluding hydrogens is 364 g/mol. The van der Waals surface area contributed by atoms with Crippen LogP contribution >= 0.6 is 0 Å². The molecule has 3 aromatic carbocycles. The molecule has 5 nitrogen and oxygen atoms in total. The number of rotatable bonds is 5. The topological polar surface area (TPSA) is 75.3 Å². The highest BCUT2D eigenvalue weighted by atomic mass is 16.2. The number of para-hydroxylation sites is 1. The third-order valence-corrected chi connectivity index (χ3v) is 5.07. The molecule has 1 aliphatic rings. The summed E-state index contributed by atoms with van der Waals surface area (Å²) in [5.41, 5.74) is 5.00. The van der Waals surface area contributed by atoms with E-state index in [1.54, 1.807) is 24.3 Å². The summed E-state index contributed by atoms with van der Waals surface area (Å²) in [5, 5.41) is 5.44. The number of nitrogens with one attached hydrogen (secondary N) is 2. The van der Waals surface area contributed by atoms with Gasteiger partial charge in [-0.3, -0.25) is 14.4 Å². The van der Waals surface area contributed by atoms with Gasteiger partial charge in [-0.25, -0.2) is 0 Å². The van der Waals surface area contributed by atoms with Crippen molar-refractivity contribution in [1.82, 2.24) is 5.32 Å². The Labute approximate surface area is 168 Å². The van der Waals surface area contributed by atoms with Crippen molar-refractivity contribution in [3.63, 3.8) is 0 Å². The van der Waals surface area contributed by atoms with E-state index >= 15 is 0 Å². The van der Waals surface area contributed by atoms with Crippen molar-refractivity contribution in [3.8, 4) is 11.1 Å². The van der Waals surface area contributed by atoms with Crippen molar-refractivity contribution in [3.05, 3.63) is 89.0 Å². The smallest absolute Gasteiger partial charge is 0.251 e. The van der Waals surface area contributed by atoms with Crippen molar-refractivity contribution < 1.29 is 14.4 Å². The number of fused-ring (bicyclic) bond motifs is 3. The van der Waals surface area contributed by atoms with Gasteiger partial charge in [-0.15, -0.1) is 0 Å². The van der Waals surface area contributed by atoms with Crippen LogP contribution in [0.2, 0.25) is 0 Å². The second kappa shape index (κ2) is 7.72. The summed E-state index contributed by atoms with van der Waals surface area (Å²) >= 11 is 0. The third-order valence-electron chi connectivity index (χ3n) is 5.07. The number of hydrogen-bond acceptors (Lipinski definition) is 3. The van der Waals surface area contributed by atoms with E-state index in [0.29, 0.717) is 16.7 Å². The standard InChI is InChI=1S/C24H20N2O3/c1-2-15-7-3-6-10-21(15)26-22(27)14-25-24(29)16-11-12-18-17-8-4-5-9-19(17)23(28)20(18)13-16/h3-13H,2,14H2,1H3,(H,25,29)(H,26,27).